The predicted molar refractivity (Wildman–Crippen MR) is 101 cm³/mol. The number of nitrogens with one attached hydrogen (secondary N) is 2. The molecule has 3 rings (SSSR count). The van der Waals surface area contributed by atoms with Crippen molar-refractivity contribution in [1.82, 2.24) is 5.32 Å². The van der Waals surface area contributed by atoms with Gasteiger partial charge in [0.15, 0.2) is 6.10 Å². The van der Waals surface area contributed by atoms with E-state index in [-0.39, 0.29) is 17.7 Å². The zero-order chi connectivity index (χ0) is 19.2. The van der Waals surface area contributed by atoms with Gasteiger partial charge >= 0.3 is 0 Å². The van der Waals surface area contributed by atoms with E-state index in [4.69, 9.17) is 10.00 Å². The maximum Gasteiger partial charge on any atom is 0.261 e. The quantitative estimate of drug-likeness (QED) is 0.791. The van der Waals surface area contributed by atoms with E-state index in [2.05, 4.69) is 10.6 Å². The third kappa shape index (κ3) is 5.32. The van der Waals surface area contributed by atoms with E-state index in [9.17, 15) is 9.59 Å². The van der Waals surface area contributed by atoms with Crippen molar-refractivity contribution in [2.75, 3.05) is 5.32 Å². The molecule has 1 aliphatic carbocycles. The van der Waals surface area contributed by atoms with Gasteiger partial charge in [0.25, 0.3) is 5.91 Å². The van der Waals surface area contributed by atoms with Crippen LogP contribution < -0.4 is 15.4 Å². The van der Waals surface area contributed by atoms with Crippen molar-refractivity contribution >= 4 is 17.5 Å². The molecule has 1 unspecified atom stereocenters. The lowest BCUT2D eigenvalue weighted by molar-refractivity contribution is -0.127. The number of rotatable bonds is 7. The monoisotopic (exact) mass is 363 g/mol. The van der Waals surface area contributed by atoms with Gasteiger partial charge in [-0.3, -0.25) is 9.59 Å². The molecular formula is C21H21N3O3. The van der Waals surface area contributed by atoms with Crippen LogP contribution in [0.15, 0.2) is 48.5 Å². The first kappa shape index (κ1) is 18.5. The van der Waals surface area contributed by atoms with Crippen LogP contribution in [-0.2, 0) is 16.1 Å². The molecule has 2 N–H and O–H groups in total. The second-order valence-electron chi connectivity index (χ2n) is 6.58. The van der Waals surface area contributed by atoms with E-state index in [0.29, 0.717) is 17.9 Å². The number of ether oxygens (including phenoxy) is 1. The third-order valence-electron chi connectivity index (χ3n) is 4.27. The number of nitrogens with zero attached hydrogens (tertiary/aromatic N) is 1. The predicted octanol–water partition coefficient (Wildman–Crippen LogP) is 2.99. The minimum absolute atomic E-state index is 0.0561. The molecule has 2 aromatic carbocycles. The highest BCUT2D eigenvalue weighted by molar-refractivity contribution is 5.94. The van der Waals surface area contributed by atoms with Crippen LogP contribution in [0.3, 0.4) is 0 Å². The Morgan fingerprint density at radius 1 is 1.22 bits per heavy atom. The highest BCUT2D eigenvalue weighted by Crippen LogP contribution is 2.30. The fraction of sp³-hybridized carbons (Fsp3) is 0.286. The average molecular weight is 363 g/mol. The van der Waals surface area contributed by atoms with Crippen molar-refractivity contribution in [3.05, 3.63) is 59.7 Å². The van der Waals surface area contributed by atoms with Gasteiger partial charge in [-0.15, -0.1) is 0 Å². The highest BCUT2D eigenvalue weighted by Gasteiger charge is 2.29. The molecule has 27 heavy (non-hydrogen) atoms. The van der Waals surface area contributed by atoms with Gasteiger partial charge in [-0.05, 0) is 61.7 Å². The summed E-state index contributed by atoms with van der Waals surface area (Å²) in [5.41, 5.74) is 2.16. The van der Waals surface area contributed by atoms with Crippen LogP contribution in [0.5, 0.6) is 5.75 Å². The molecule has 0 bridgehead atoms. The van der Waals surface area contributed by atoms with Crippen molar-refractivity contribution in [2.45, 2.75) is 32.4 Å². The lowest BCUT2D eigenvalue weighted by atomic mass is 10.2. The van der Waals surface area contributed by atoms with Crippen LogP contribution in [0.1, 0.15) is 30.9 Å². The van der Waals surface area contributed by atoms with Crippen LogP contribution in [0.4, 0.5) is 5.69 Å². The van der Waals surface area contributed by atoms with Crippen LogP contribution in [-0.4, -0.2) is 17.9 Å². The molecule has 1 aliphatic rings. The van der Waals surface area contributed by atoms with Crippen molar-refractivity contribution < 1.29 is 14.3 Å². The Morgan fingerprint density at radius 3 is 2.63 bits per heavy atom. The van der Waals surface area contributed by atoms with E-state index < -0.39 is 6.10 Å². The highest BCUT2D eigenvalue weighted by atomic mass is 16.5. The summed E-state index contributed by atoms with van der Waals surface area (Å²) in [5.74, 6) is 0.488. The minimum atomic E-state index is -0.671. The Morgan fingerprint density at radius 2 is 1.96 bits per heavy atom. The molecule has 1 fully saturated rings. The molecule has 6 nitrogen and oxygen atoms in total. The molecule has 0 spiro atoms. The summed E-state index contributed by atoms with van der Waals surface area (Å²) < 4.78 is 5.60. The lowest BCUT2D eigenvalue weighted by Gasteiger charge is -2.15. The second-order valence-corrected chi connectivity index (χ2v) is 6.58. The molecule has 1 atom stereocenters. The molecule has 0 aliphatic heterocycles. The Hall–Kier alpha value is -3.33. The number of hydrogen-bond donors (Lipinski definition) is 2. The average Bonchev–Trinajstić information content (AvgIpc) is 3.52. The zero-order valence-electron chi connectivity index (χ0n) is 15.1. The second kappa shape index (κ2) is 8.37. The molecular weight excluding hydrogens is 342 g/mol. The van der Waals surface area contributed by atoms with E-state index in [0.717, 1.165) is 24.1 Å². The van der Waals surface area contributed by atoms with Gasteiger partial charge in [0.1, 0.15) is 5.75 Å². The summed E-state index contributed by atoms with van der Waals surface area (Å²) in [6.45, 7) is 2.01. The van der Waals surface area contributed by atoms with E-state index in [1.165, 1.54) is 0 Å². The molecule has 0 heterocycles. The molecule has 2 amide bonds. The van der Waals surface area contributed by atoms with Gasteiger partial charge in [-0.2, -0.15) is 5.26 Å². The van der Waals surface area contributed by atoms with Gasteiger partial charge < -0.3 is 15.4 Å². The van der Waals surface area contributed by atoms with Crippen LogP contribution in [0, 0.1) is 17.2 Å². The number of amides is 2. The van der Waals surface area contributed by atoms with E-state index in [1.807, 2.05) is 30.3 Å². The van der Waals surface area contributed by atoms with Crippen molar-refractivity contribution in [2.24, 2.45) is 5.92 Å². The molecule has 1 saturated carbocycles. The largest absolute Gasteiger partial charge is 0.481 e. The number of anilines is 1. The summed E-state index contributed by atoms with van der Waals surface area (Å²) in [6, 6.07) is 16.1. The number of benzene rings is 2. The fourth-order valence-corrected chi connectivity index (χ4v) is 2.55. The van der Waals surface area contributed by atoms with Crippen LogP contribution in [0.25, 0.3) is 0 Å². The summed E-state index contributed by atoms with van der Waals surface area (Å²) in [4.78, 5) is 24.1. The van der Waals surface area contributed by atoms with Gasteiger partial charge in [0.05, 0.1) is 11.6 Å². The number of carbonyl (C=O) groups is 2. The maximum absolute atomic E-state index is 12.2. The van der Waals surface area contributed by atoms with Crippen LogP contribution >= 0.6 is 0 Å². The molecule has 138 valence electrons. The Kier molecular flexibility index (Phi) is 5.72. The smallest absolute Gasteiger partial charge is 0.261 e. The molecule has 0 aromatic heterocycles. The molecule has 2 aromatic rings. The molecule has 6 heteroatoms. The normalized spacial score (nSPS) is 13.9. The maximum atomic E-state index is 12.2. The standard InChI is InChI=1S/C21H21N3O3/c1-14(27-19-9-5-15(12-22)6-10-19)20(25)23-13-16-3-2-4-18(11-16)24-21(26)17-7-8-17/h2-6,9-11,14,17H,7-8,13H2,1H3,(H,23,25)(H,24,26). The summed E-state index contributed by atoms with van der Waals surface area (Å²) in [5, 5.41) is 14.5. The first-order chi connectivity index (χ1) is 13.0. The Balaban J connectivity index is 1.50. The lowest BCUT2D eigenvalue weighted by Crippen LogP contribution is -2.35. The fourth-order valence-electron chi connectivity index (χ4n) is 2.55. The number of hydrogen-bond acceptors (Lipinski definition) is 4. The topological polar surface area (TPSA) is 91.2 Å². The van der Waals surface area contributed by atoms with Crippen molar-refractivity contribution in [3.63, 3.8) is 0 Å². The van der Waals surface area contributed by atoms with Crippen molar-refractivity contribution in [3.8, 4) is 11.8 Å². The summed E-state index contributed by atoms with van der Waals surface area (Å²) in [7, 11) is 0. The van der Waals surface area contributed by atoms with E-state index in [1.54, 1.807) is 31.2 Å². The minimum Gasteiger partial charge on any atom is -0.481 e. The van der Waals surface area contributed by atoms with Gasteiger partial charge in [0, 0.05) is 18.2 Å². The molecule has 0 radical (unpaired) electrons. The van der Waals surface area contributed by atoms with E-state index >= 15 is 0 Å². The first-order valence-corrected chi connectivity index (χ1v) is 8.89. The van der Waals surface area contributed by atoms with Gasteiger partial charge in [0.2, 0.25) is 5.91 Å². The SMILES string of the molecule is CC(Oc1ccc(C#N)cc1)C(=O)NCc1cccc(NC(=O)C2CC2)c1. The number of carbonyl (C=O) groups excluding carboxylic acids is 2. The third-order valence-corrected chi connectivity index (χ3v) is 4.27. The summed E-state index contributed by atoms with van der Waals surface area (Å²) >= 11 is 0. The van der Waals surface area contributed by atoms with Crippen LogP contribution in [0.2, 0.25) is 0 Å². The van der Waals surface area contributed by atoms with Crippen molar-refractivity contribution in [1.29, 1.82) is 5.26 Å². The first-order valence-electron chi connectivity index (χ1n) is 8.89. The summed E-state index contributed by atoms with van der Waals surface area (Å²) in [6.07, 6.45) is 1.24. The molecule has 0 saturated heterocycles. The zero-order valence-corrected chi connectivity index (χ0v) is 15.1. The Labute approximate surface area is 158 Å². The number of nitriles is 1. The van der Waals surface area contributed by atoms with Gasteiger partial charge in [-0.1, -0.05) is 12.1 Å². The van der Waals surface area contributed by atoms with Gasteiger partial charge in [-0.25, -0.2) is 0 Å². The Bertz CT molecular complexity index is 867.